The van der Waals surface area contributed by atoms with Crippen LogP contribution in [0.2, 0.25) is 0 Å². The van der Waals surface area contributed by atoms with Gasteiger partial charge in [0.1, 0.15) is 5.82 Å². The van der Waals surface area contributed by atoms with E-state index in [2.05, 4.69) is 24.8 Å². The fourth-order valence-electron chi connectivity index (χ4n) is 2.66. The van der Waals surface area contributed by atoms with Crippen LogP contribution in [0.4, 0.5) is 0 Å². The Morgan fingerprint density at radius 1 is 0.906 bits per heavy atom. The van der Waals surface area contributed by atoms with Crippen LogP contribution in [0.15, 0.2) is 48.5 Å². The molecule has 0 amide bonds. The molecular weight excluding hydrogens is 445 g/mol. The molecule has 4 aromatic rings. The Balaban J connectivity index is 0.000000440. The van der Waals surface area contributed by atoms with Crippen LogP contribution in [0.5, 0.6) is 0 Å². The van der Waals surface area contributed by atoms with E-state index in [0.717, 1.165) is 70.5 Å². The minimum absolute atomic E-state index is 0.319. The number of para-hydroxylation sites is 4. The fraction of sp³-hybridized carbons (Fsp3) is 0.391. The number of hydrogen-bond donors (Lipinski definition) is 3. The molecule has 0 fully saturated rings. The van der Waals surface area contributed by atoms with Gasteiger partial charge < -0.3 is 25.2 Å². The van der Waals surface area contributed by atoms with E-state index in [1.54, 1.807) is 0 Å². The number of aliphatic hydroxyl groups excluding tert-OH is 2. The Morgan fingerprint density at radius 2 is 1.47 bits per heavy atom. The molecular formula is C23H32N5O3V-. The standard InChI is InChI=1S/C17H16N5.2C3H8O.O.V/c1-22(10-16-18-12-6-2-3-7-13(12)19-16)11-17-20-14-8-4-5-9-15(14)21-17;2*1-2-3-4;;/h2-9H,10-11H2,1H3,(H-,18,19,20,21);2*4H,2-3H2,1H3;;/q-1;;;;. The molecule has 9 heteroatoms. The number of H-pyrrole nitrogens is 1. The van der Waals surface area contributed by atoms with Crippen LogP contribution < -0.4 is 4.98 Å². The normalized spacial score (nSPS) is 10.0. The maximum atomic E-state index is 8.19. The van der Waals surface area contributed by atoms with Gasteiger partial charge in [-0.1, -0.05) is 56.1 Å². The summed E-state index contributed by atoms with van der Waals surface area (Å²) < 4.78 is 8.19. The second-order valence-corrected chi connectivity index (χ2v) is 6.95. The average molecular weight is 477 g/mol. The molecule has 2 aromatic carbocycles. The van der Waals surface area contributed by atoms with Crippen LogP contribution >= 0.6 is 0 Å². The second kappa shape index (κ2) is 16.3. The Hall–Kier alpha value is -2.36. The first-order valence-electron chi connectivity index (χ1n) is 10.5. The molecule has 0 unspecified atom stereocenters. The van der Waals surface area contributed by atoms with Gasteiger partial charge in [-0.3, -0.25) is 4.90 Å². The van der Waals surface area contributed by atoms with E-state index in [4.69, 9.17) is 13.9 Å². The van der Waals surface area contributed by atoms with E-state index in [0.29, 0.717) is 19.8 Å². The number of hydrogen-bond acceptors (Lipinski definition) is 6. The SMILES string of the molecule is CCCO.CCCO.CN(Cc1nc2ccccc2[n-]1)Cc1nc2ccccc2[nH]1.[O]=[V]. The van der Waals surface area contributed by atoms with Gasteiger partial charge in [-0.15, -0.1) is 0 Å². The Bertz CT molecular complexity index is 871. The molecule has 8 nitrogen and oxygen atoms in total. The summed E-state index contributed by atoms with van der Waals surface area (Å²) in [5.41, 5.74) is 3.98. The van der Waals surface area contributed by atoms with Crippen molar-refractivity contribution in [3.8, 4) is 0 Å². The van der Waals surface area contributed by atoms with Gasteiger partial charge in [0.2, 0.25) is 0 Å². The first-order valence-corrected chi connectivity index (χ1v) is 11.1. The van der Waals surface area contributed by atoms with E-state index in [9.17, 15) is 0 Å². The van der Waals surface area contributed by atoms with Crippen molar-refractivity contribution in [1.82, 2.24) is 24.8 Å². The molecule has 0 atom stereocenters. The summed E-state index contributed by atoms with van der Waals surface area (Å²) in [4.78, 5) is 19.2. The number of nitrogens with one attached hydrogen (secondary N) is 1. The molecule has 0 aliphatic carbocycles. The summed E-state index contributed by atoms with van der Waals surface area (Å²) in [7, 11) is 2.05. The van der Waals surface area contributed by atoms with Crippen molar-refractivity contribution in [3.63, 3.8) is 0 Å². The van der Waals surface area contributed by atoms with Crippen LogP contribution in [0.1, 0.15) is 38.3 Å². The van der Waals surface area contributed by atoms with Crippen molar-refractivity contribution < 1.29 is 31.3 Å². The summed E-state index contributed by atoms with van der Waals surface area (Å²) in [6.07, 6.45) is 1.75. The topological polar surface area (TPSA) is 116 Å². The van der Waals surface area contributed by atoms with Gasteiger partial charge in [0.15, 0.2) is 0 Å². The van der Waals surface area contributed by atoms with Crippen molar-refractivity contribution in [3.05, 3.63) is 60.2 Å². The Kier molecular flexibility index (Phi) is 14.1. The molecule has 0 saturated carbocycles. The summed E-state index contributed by atoms with van der Waals surface area (Å²) in [6, 6.07) is 16.0. The van der Waals surface area contributed by atoms with Crippen molar-refractivity contribution >= 4 is 22.1 Å². The molecule has 0 bridgehead atoms. The van der Waals surface area contributed by atoms with Gasteiger partial charge in [0.25, 0.3) is 0 Å². The van der Waals surface area contributed by atoms with E-state index in [1.807, 2.05) is 69.4 Å². The van der Waals surface area contributed by atoms with Gasteiger partial charge in [0, 0.05) is 19.8 Å². The number of imidazole rings is 2. The zero-order chi connectivity index (χ0) is 23.8. The molecule has 173 valence electrons. The number of rotatable bonds is 6. The van der Waals surface area contributed by atoms with Crippen LogP contribution in [0.3, 0.4) is 0 Å². The number of nitrogens with zero attached hydrogens (tertiary/aromatic N) is 4. The summed E-state index contributed by atoms with van der Waals surface area (Å²) in [5.74, 6) is 1.81. The molecule has 2 heterocycles. The van der Waals surface area contributed by atoms with Crippen molar-refractivity contribution in [1.29, 1.82) is 0 Å². The van der Waals surface area contributed by atoms with Gasteiger partial charge >= 0.3 is 21.0 Å². The molecule has 0 saturated heterocycles. The third kappa shape index (κ3) is 9.42. The third-order valence-electron chi connectivity index (χ3n) is 4.10. The molecule has 0 spiro atoms. The number of fused-ring (bicyclic) bond motifs is 2. The molecule has 0 aliphatic heterocycles. The number of aliphatic hydroxyl groups is 2. The summed E-state index contributed by atoms with van der Waals surface area (Å²) >= 11 is 1.06. The van der Waals surface area contributed by atoms with Crippen LogP contribution in [-0.4, -0.2) is 50.3 Å². The third-order valence-corrected chi connectivity index (χ3v) is 4.10. The first kappa shape index (κ1) is 27.7. The average Bonchev–Trinajstić information content (AvgIpc) is 3.43. The number of aromatic amines is 1. The van der Waals surface area contributed by atoms with Gasteiger partial charge in [-0.25, -0.2) is 4.98 Å². The van der Waals surface area contributed by atoms with Gasteiger partial charge in [-0.2, -0.15) is 0 Å². The van der Waals surface area contributed by atoms with E-state index >= 15 is 0 Å². The van der Waals surface area contributed by atoms with E-state index in [-0.39, 0.29) is 0 Å². The predicted octanol–water partition coefficient (Wildman–Crippen LogP) is 3.36. The molecule has 2 aromatic heterocycles. The summed E-state index contributed by atoms with van der Waals surface area (Å²) in [6.45, 7) is 5.94. The van der Waals surface area contributed by atoms with E-state index in [1.165, 1.54) is 0 Å². The van der Waals surface area contributed by atoms with E-state index < -0.39 is 0 Å². The monoisotopic (exact) mass is 477 g/mol. The zero-order valence-electron chi connectivity index (χ0n) is 18.9. The predicted molar refractivity (Wildman–Crippen MR) is 122 cm³/mol. The quantitative estimate of drug-likeness (QED) is 0.390. The minimum atomic E-state index is 0.319. The van der Waals surface area contributed by atoms with Crippen molar-refractivity contribution in [2.45, 2.75) is 39.8 Å². The molecule has 4 rings (SSSR count). The van der Waals surface area contributed by atoms with Gasteiger partial charge in [-0.05, 0) is 43.1 Å². The molecule has 0 radical (unpaired) electrons. The fourth-order valence-corrected chi connectivity index (χ4v) is 2.66. The maximum absolute atomic E-state index is 8.19. The molecule has 3 N–H and O–H groups in total. The summed E-state index contributed by atoms with van der Waals surface area (Å²) in [5, 5.41) is 15.8. The number of aromatic nitrogens is 4. The van der Waals surface area contributed by atoms with Crippen LogP contribution in [-0.2, 0) is 34.1 Å². The second-order valence-electron chi connectivity index (χ2n) is 6.95. The van der Waals surface area contributed by atoms with Crippen molar-refractivity contribution in [2.75, 3.05) is 20.3 Å². The van der Waals surface area contributed by atoms with Crippen LogP contribution in [0.25, 0.3) is 22.1 Å². The Labute approximate surface area is 198 Å². The Morgan fingerprint density at radius 3 is 2.03 bits per heavy atom. The van der Waals surface area contributed by atoms with Gasteiger partial charge in [0.05, 0.1) is 17.6 Å². The molecule has 0 aliphatic rings. The first-order chi connectivity index (χ1) is 15.6. The van der Waals surface area contributed by atoms with Crippen molar-refractivity contribution in [2.24, 2.45) is 0 Å². The zero-order valence-corrected chi connectivity index (χ0v) is 20.3. The van der Waals surface area contributed by atoms with Crippen LogP contribution in [0, 0.1) is 0 Å². The number of benzene rings is 2. The molecule has 32 heavy (non-hydrogen) atoms.